The lowest BCUT2D eigenvalue weighted by atomic mass is 10.1. The van der Waals surface area contributed by atoms with Gasteiger partial charge < -0.3 is 9.73 Å². The van der Waals surface area contributed by atoms with Crippen molar-refractivity contribution in [3.63, 3.8) is 0 Å². The molecule has 0 saturated carbocycles. The number of hydrogen-bond donors (Lipinski definition) is 1. The first-order valence-corrected chi connectivity index (χ1v) is 8.48. The molecular formula is C21H22N2O2. The van der Waals surface area contributed by atoms with Crippen LogP contribution in [0, 0.1) is 13.8 Å². The van der Waals surface area contributed by atoms with E-state index in [1.807, 2.05) is 56.3 Å². The van der Waals surface area contributed by atoms with E-state index in [-0.39, 0.29) is 5.91 Å². The Morgan fingerprint density at radius 2 is 1.80 bits per heavy atom. The van der Waals surface area contributed by atoms with E-state index >= 15 is 0 Å². The van der Waals surface area contributed by atoms with Crippen LogP contribution in [0.2, 0.25) is 0 Å². The number of nitrogens with zero attached hydrogens (tertiary/aromatic N) is 1. The molecule has 4 nitrogen and oxygen atoms in total. The molecule has 4 heteroatoms. The number of anilines is 1. The maximum absolute atomic E-state index is 12.1. The molecule has 1 N–H and O–H groups in total. The molecule has 0 bridgehead atoms. The molecule has 3 aromatic rings. The van der Waals surface area contributed by atoms with E-state index in [0.29, 0.717) is 25.2 Å². The molecule has 0 radical (unpaired) electrons. The van der Waals surface area contributed by atoms with E-state index in [4.69, 9.17) is 4.42 Å². The molecule has 0 unspecified atom stereocenters. The number of benzene rings is 2. The molecule has 0 atom stereocenters. The molecule has 1 heterocycles. The van der Waals surface area contributed by atoms with E-state index in [0.717, 1.165) is 28.1 Å². The normalized spacial score (nSPS) is 10.6. The zero-order chi connectivity index (χ0) is 17.6. The minimum Gasteiger partial charge on any atom is -0.441 e. The predicted molar refractivity (Wildman–Crippen MR) is 99.4 cm³/mol. The highest BCUT2D eigenvalue weighted by atomic mass is 16.4. The van der Waals surface area contributed by atoms with Crippen LogP contribution in [-0.4, -0.2) is 10.9 Å². The molecular weight excluding hydrogens is 312 g/mol. The number of nitrogens with one attached hydrogen (secondary N) is 1. The Hall–Kier alpha value is -2.88. The highest BCUT2D eigenvalue weighted by Gasteiger charge is 2.08. The topological polar surface area (TPSA) is 55.1 Å². The second kappa shape index (κ2) is 7.79. The van der Waals surface area contributed by atoms with Crippen LogP contribution >= 0.6 is 0 Å². The van der Waals surface area contributed by atoms with E-state index < -0.39 is 0 Å². The molecule has 0 aliphatic rings. The van der Waals surface area contributed by atoms with Crippen molar-refractivity contribution in [2.75, 3.05) is 5.32 Å². The minimum atomic E-state index is 0.0137. The summed E-state index contributed by atoms with van der Waals surface area (Å²) in [4.78, 5) is 16.4. The number of amides is 1. The SMILES string of the molecule is Cc1cc(C)cc(NC(=O)CCCc2ncc(-c3ccccc3)o2)c1. The number of aryl methyl sites for hydroxylation is 3. The number of carbonyl (C=O) groups excluding carboxylic acids is 1. The van der Waals surface area contributed by atoms with Crippen LogP contribution in [0.4, 0.5) is 5.69 Å². The molecule has 25 heavy (non-hydrogen) atoms. The highest BCUT2D eigenvalue weighted by Crippen LogP contribution is 2.20. The Morgan fingerprint density at radius 3 is 2.52 bits per heavy atom. The second-order valence-corrected chi connectivity index (χ2v) is 6.26. The van der Waals surface area contributed by atoms with E-state index in [2.05, 4.69) is 16.4 Å². The fraction of sp³-hybridized carbons (Fsp3) is 0.238. The summed E-state index contributed by atoms with van der Waals surface area (Å²) in [6.45, 7) is 4.05. The van der Waals surface area contributed by atoms with Crippen LogP contribution < -0.4 is 5.32 Å². The predicted octanol–water partition coefficient (Wildman–Crippen LogP) is 4.92. The molecule has 0 saturated heterocycles. The largest absolute Gasteiger partial charge is 0.441 e. The van der Waals surface area contributed by atoms with Gasteiger partial charge >= 0.3 is 0 Å². The molecule has 1 aromatic heterocycles. The van der Waals surface area contributed by atoms with Crippen molar-refractivity contribution in [1.82, 2.24) is 4.98 Å². The molecule has 0 spiro atoms. The Bertz CT molecular complexity index is 833. The summed E-state index contributed by atoms with van der Waals surface area (Å²) < 4.78 is 5.76. The lowest BCUT2D eigenvalue weighted by Crippen LogP contribution is -2.11. The molecule has 1 amide bonds. The first-order chi connectivity index (χ1) is 12.1. The Balaban J connectivity index is 1.49. The average molecular weight is 334 g/mol. The fourth-order valence-corrected chi connectivity index (χ4v) is 2.83. The molecule has 3 rings (SSSR count). The molecule has 0 fully saturated rings. The van der Waals surface area contributed by atoms with Gasteiger partial charge in [0.2, 0.25) is 5.91 Å². The third kappa shape index (κ3) is 4.80. The third-order valence-corrected chi connectivity index (χ3v) is 3.91. The highest BCUT2D eigenvalue weighted by molar-refractivity contribution is 5.90. The molecule has 0 aliphatic heterocycles. The number of aromatic nitrogens is 1. The van der Waals surface area contributed by atoms with Crippen LogP contribution in [-0.2, 0) is 11.2 Å². The van der Waals surface area contributed by atoms with E-state index in [1.54, 1.807) is 6.20 Å². The standard InChI is InChI=1S/C21H22N2O2/c1-15-11-16(2)13-18(12-15)23-20(24)9-6-10-21-22-14-19(25-21)17-7-4-3-5-8-17/h3-5,7-8,11-14H,6,9-10H2,1-2H3,(H,23,24). The number of rotatable bonds is 6. The van der Waals surface area contributed by atoms with Crippen LogP contribution in [0.1, 0.15) is 29.9 Å². The monoisotopic (exact) mass is 334 g/mol. The van der Waals surface area contributed by atoms with Gasteiger partial charge in [-0.3, -0.25) is 4.79 Å². The maximum Gasteiger partial charge on any atom is 0.224 e. The van der Waals surface area contributed by atoms with Gasteiger partial charge in [0.1, 0.15) is 0 Å². The van der Waals surface area contributed by atoms with Crippen LogP contribution in [0.5, 0.6) is 0 Å². The maximum atomic E-state index is 12.1. The summed E-state index contributed by atoms with van der Waals surface area (Å²) in [6.07, 6.45) is 3.52. The summed E-state index contributed by atoms with van der Waals surface area (Å²) in [5.74, 6) is 1.44. The van der Waals surface area contributed by atoms with Crippen LogP contribution in [0.15, 0.2) is 59.1 Å². The molecule has 2 aromatic carbocycles. The zero-order valence-electron chi connectivity index (χ0n) is 14.6. The van der Waals surface area contributed by atoms with Gasteiger partial charge in [-0.25, -0.2) is 4.98 Å². The minimum absolute atomic E-state index is 0.0137. The van der Waals surface area contributed by atoms with Crippen molar-refractivity contribution in [2.45, 2.75) is 33.1 Å². The summed E-state index contributed by atoms with van der Waals surface area (Å²) in [5, 5.41) is 2.95. The zero-order valence-corrected chi connectivity index (χ0v) is 14.6. The van der Waals surface area contributed by atoms with E-state index in [1.165, 1.54) is 0 Å². The summed E-state index contributed by atoms with van der Waals surface area (Å²) in [7, 11) is 0. The van der Waals surface area contributed by atoms with Crippen molar-refractivity contribution in [1.29, 1.82) is 0 Å². The van der Waals surface area contributed by atoms with Crippen LogP contribution in [0.25, 0.3) is 11.3 Å². The lowest BCUT2D eigenvalue weighted by molar-refractivity contribution is -0.116. The summed E-state index contributed by atoms with van der Waals surface area (Å²) in [6, 6.07) is 15.9. The van der Waals surface area contributed by atoms with Gasteiger partial charge in [0.15, 0.2) is 11.7 Å². The third-order valence-electron chi connectivity index (χ3n) is 3.91. The fourth-order valence-electron chi connectivity index (χ4n) is 2.83. The van der Waals surface area contributed by atoms with Crippen molar-refractivity contribution in [3.05, 3.63) is 71.7 Å². The van der Waals surface area contributed by atoms with Gasteiger partial charge in [-0.1, -0.05) is 36.4 Å². The van der Waals surface area contributed by atoms with Crippen molar-refractivity contribution < 1.29 is 9.21 Å². The quantitative estimate of drug-likeness (QED) is 0.696. The van der Waals surface area contributed by atoms with Crippen molar-refractivity contribution >= 4 is 11.6 Å². The Labute approximate surface area is 147 Å². The molecule has 128 valence electrons. The number of hydrogen-bond acceptors (Lipinski definition) is 3. The number of oxazole rings is 1. The first-order valence-electron chi connectivity index (χ1n) is 8.48. The second-order valence-electron chi connectivity index (χ2n) is 6.26. The van der Waals surface area contributed by atoms with Gasteiger partial charge in [-0.05, 0) is 43.5 Å². The van der Waals surface area contributed by atoms with Gasteiger partial charge in [-0.2, -0.15) is 0 Å². The Morgan fingerprint density at radius 1 is 1.08 bits per heavy atom. The van der Waals surface area contributed by atoms with Gasteiger partial charge in [0, 0.05) is 24.1 Å². The van der Waals surface area contributed by atoms with Crippen LogP contribution in [0.3, 0.4) is 0 Å². The van der Waals surface area contributed by atoms with Gasteiger partial charge in [0.05, 0.1) is 6.20 Å². The van der Waals surface area contributed by atoms with Crippen molar-refractivity contribution in [3.8, 4) is 11.3 Å². The first kappa shape index (κ1) is 17.0. The average Bonchev–Trinajstić information content (AvgIpc) is 3.03. The molecule has 0 aliphatic carbocycles. The lowest BCUT2D eigenvalue weighted by Gasteiger charge is -2.07. The summed E-state index contributed by atoms with van der Waals surface area (Å²) >= 11 is 0. The van der Waals surface area contributed by atoms with Crippen molar-refractivity contribution in [2.24, 2.45) is 0 Å². The van der Waals surface area contributed by atoms with E-state index in [9.17, 15) is 4.79 Å². The summed E-state index contributed by atoms with van der Waals surface area (Å²) in [5.41, 5.74) is 4.14. The Kier molecular flexibility index (Phi) is 5.29. The number of carbonyl (C=O) groups is 1. The van der Waals surface area contributed by atoms with Gasteiger partial charge in [0.25, 0.3) is 0 Å². The smallest absolute Gasteiger partial charge is 0.224 e. The van der Waals surface area contributed by atoms with Gasteiger partial charge in [-0.15, -0.1) is 0 Å².